The summed E-state index contributed by atoms with van der Waals surface area (Å²) in [4.78, 5) is 4.89. The first-order valence-corrected chi connectivity index (χ1v) is 20.7. The van der Waals surface area contributed by atoms with Gasteiger partial charge < -0.3 is 9.80 Å². The third-order valence-corrected chi connectivity index (χ3v) is 11.6. The van der Waals surface area contributed by atoms with Crippen molar-refractivity contribution >= 4 is 30.6 Å². The molecule has 0 amide bonds. The number of benzene rings is 2. The van der Waals surface area contributed by atoms with Gasteiger partial charge in [-0.2, -0.15) is 0 Å². The molecule has 0 heterocycles. The first-order valence-electron chi connectivity index (χ1n) is 19.7. The SMILES string of the molecule is CN(C)c1c(C(C)(C)C)c(C(C)(C)C)c(Pc2c(C(C)(C)C)c(C(C)(C)C)c(N(C)C)c(C(C)(C)C)c2C(C)(C)C)c(C(C)(C)C)c1C(C)(C)C. The Kier molecular flexibility index (Phi) is 12.2. The summed E-state index contributed by atoms with van der Waals surface area (Å²) in [6.07, 6.45) is 0. The van der Waals surface area contributed by atoms with E-state index in [1.165, 1.54) is 33.6 Å². The lowest BCUT2D eigenvalue weighted by molar-refractivity contribution is 0.505. The van der Waals surface area contributed by atoms with Crippen LogP contribution < -0.4 is 20.4 Å². The van der Waals surface area contributed by atoms with Gasteiger partial charge in [-0.1, -0.05) is 175 Å². The normalized spacial score (nSPS) is 14.4. The molecule has 0 saturated heterocycles. The van der Waals surface area contributed by atoms with E-state index in [4.69, 9.17) is 0 Å². The Morgan fingerprint density at radius 3 is 0.490 bits per heavy atom. The minimum atomic E-state index is -0.0702. The lowest BCUT2D eigenvalue weighted by atomic mass is 9.66. The lowest BCUT2D eigenvalue weighted by Crippen LogP contribution is -2.42. The topological polar surface area (TPSA) is 6.48 Å². The quantitative estimate of drug-likeness (QED) is 0.290. The average molecular weight is 721 g/mol. The van der Waals surface area contributed by atoms with E-state index in [-0.39, 0.29) is 43.3 Å². The van der Waals surface area contributed by atoms with E-state index < -0.39 is 0 Å². The van der Waals surface area contributed by atoms with Crippen molar-refractivity contribution in [2.75, 3.05) is 38.0 Å². The van der Waals surface area contributed by atoms with Crippen LogP contribution in [-0.4, -0.2) is 28.2 Å². The molecular formula is C48H85N2P. The number of hydrogen-bond donors (Lipinski definition) is 0. The third kappa shape index (κ3) is 9.23. The molecule has 292 valence electrons. The molecule has 0 N–H and O–H groups in total. The van der Waals surface area contributed by atoms with Crippen LogP contribution in [0, 0.1) is 0 Å². The molecule has 0 aliphatic carbocycles. The van der Waals surface area contributed by atoms with E-state index in [1.54, 1.807) is 32.9 Å². The van der Waals surface area contributed by atoms with Gasteiger partial charge in [-0.05, 0) is 98.4 Å². The van der Waals surface area contributed by atoms with E-state index in [1.807, 2.05) is 0 Å². The summed E-state index contributed by atoms with van der Waals surface area (Å²) in [6.45, 7) is 59.0. The Bertz CT molecular complexity index is 1360. The van der Waals surface area contributed by atoms with Crippen molar-refractivity contribution in [3.63, 3.8) is 0 Å². The van der Waals surface area contributed by atoms with Gasteiger partial charge in [-0.25, -0.2) is 0 Å². The molecule has 0 saturated carbocycles. The van der Waals surface area contributed by atoms with Gasteiger partial charge in [0.15, 0.2) is 0 Å². The predicted molar refractivity (Wildman–Crippen MR) is 239 cm³/mol. The second-order valence-corrected chi connectivity index (χ2v) is 25.6. The van der Waals surface area contributed by atoms with E-state index in [9.17, 15) is 0 Å². The maximum absolute atomic E-state index is 2.47. The molecule has 0 aliphatic rings. The minimum absolute atomic E-state index is 0.0561. The molecule has 3 heteroatoms. The van der Waals surface area contributed by atoms with Gasteiger partial charge >= 0.3 is 0 Å². The zero-order valence-electron chi connectivity index (χ0n) is 39.4. The Labute approximate surface area is 321 Å². The second kappa shape index (κ2) is 13.6. The fourth-order valence-corrected chi connectivity index (χ4v) is 11.4. The van der Waals surface area contributed by atoms with Crippen molar-refractivity contribution in [1.82, 2.24) is 0 Å². The van der Waals surface area contributed by atoms with Crippen LogP contribution in [0.2, 0.25) is 0 Å². The maximum atomic E-state index is 2.47. The van der Waals surface area contributed by atoms with Crippen molar-refractivity contribution in [2.45, 2.75) is 209 Å². The van der Waals surface area contributed by atoms with Crippen molar-refractivity contribution in [3.05, 3.63) is 44.5 Å². The summed E-state index contributed by atoms with van der Waals surface area (Å²) in [5.41, 5.74) is 14.7. The second-order valence-electron chi connectivity index (χ2n) is 24.4. The Hall–Kier alpha value is -1.53. The molecule has 0 atom stereocenters. The predicted octanol–water partition coefficient (Wildman–Crippen LogP) is 12.8. The molecular weight excluding hydrogens is 636 g/mol. The van der Waals surface area contributed by atoms with E-state index >= 15 is 0 Å². The minimum Gasteiger partial charge on any atom is -0.377 e. The average Bonchev–Trinajstić information content (AvgIpc) is 2.81. The summed E-state index contributed by atoms with van der Waals surface area (Å²) in [6, 6.07) is 0. The summed E-state index contributed by atoms with van der Waals surface area (Å²) in [7, 11) is 9.63. The molecule has 0 radical (unpaired) electrons. The smallest absolute Gasteiger partial charge is 0.0443 e. The number of anilines is 2. The third-order valence-electron chi connectivity index (χ3n) is 10.1. The first kappa shape index (κ1) is 45.6. The number of nitrogens with zero attached hydrogens (tertiary/aromatic N) is 2. The van der Waals surface area contributed by atoms with Gasteiger partial charge in [0.05, 0.1) is 0 Å². The van der Waals surface area contributed by atoms with Crippen LogP contribution in [-0.2, 0) is 43.3 Å². The fraction of sp³-hybridized carbons (Fsp3) is 0.750. The zero-order chi connectivity index (χ0) is 40.8. The summed E-state index contributed by atoms with van der Waals surface area (Å²) in [5.74, 6) is 0. The fourth-order valence-electron chi connectivity index (χ4n) is 8.66. The van der Waals surface area contributed by atoms with Crippen LogP contribution in [0.15, 0.2) is 0 Å². The molecule has 2 rings (SSSR count). The molecule has 51 heavy (non-hydrogen) atoms. The monoisotopic (exact) mass is 721 g/mol. The van der Waals surface area contributed by atoms with Gasteiger partial charge in [-0.15, -0.1) is 0 Å². The summed E-state index contributed by atoms with van der Waals surface area (Å²) < 4.78 is 0. The van der Waals surface area contributed by atoms with Crippen LogP contribution in [0.4, 0.5) is 11.4 Å². The number of hydrogen-bond acceptors (Lipinski definition) is 2. The zero-order valence-corrected chi connectivity index (χ0v) is 40.4. The molecule has 2 aromatic rings. The Morgan fingerprint density at radius 1 is 0.255 bits per heavy atom. The van der Waals surface area contributed by atoms with Crippen LogP contribution >= 0.6 is 8.58 Å². The van der Waals surface area contributed by atoms with E-state index in [0.717, 1.165) is 0 Å². The van der Waals surface area contributed by atoms with Crippen molar-refractivity contribution in [1.29, 1.82) is 0 Å². The summed E-state index contributed by atoms with van der Waals surface area (Å²) in [5, 5.41) is 3.17. The molecule has 0 unspecified atom stereocenters. The number of rotatable bonds is 4. The van der Waals surface area contributed by atoms with Gasteiger partial charge in [0, 0.05) is 39.6 Å². The highest BCUT2D eigenvalue weighted by Crippen LogP contribution is 2.53. The largest absolute Gasteiger partial charge is 0.377 e. The highest BCUT2D eigenvalue weighted by atomic mass is 31.1. The highest BCUT2D eigenvalue weighted by Gasteiger charge is 2.44. The molecule has 0 aliphatic heterocycles. The first-order chi connectivity index (χ1) is 22.1. The van der Waals surface area contributed by atoms with E-state index in [2.05, 4.69) is 204 Å². The Morgan fingerprint density at radius 2 is 0.392 bits per heavy atom. The van der Waals surface area contributed by atoms with Crippen LogP contribution in [0.25, 0.3) is 0 Å². The molecule has 2 aromatic carbocycles. The molecule has 0 spiro atoms. The van der Waals surface area contributed by atoms with Crippen molar-refractivity contribution < 1.29 is 0 Å². The van der Waals surface area contributed by atoms with Crippen LogP contribution in [0.5, 0.6) is 0 Å². The molecule has 0 fully saturated rings. The van der Waals surface area contributed by atoms with Crippen molar-refractivity contribution in [3.8, 4) is 0 Å². The van der Waals surface area contributed by atoms with Gasteiger partial charge in [0.25, 0.3) is 0 Å². The molecule has 2 nitrogen and oxygen atoms in total. The van der Waals surface area contributed by atoms with Gasteiger partial charge in [0.1, 0.15) is 0 Å². The van der Waals surface area contributed by atoms with Crippen LogP contribution in [0.3, 0.4) is 0 Å². The Balaban J connectivity index is 3.88. The van der Waals surface area contributed by atoms with Crippen molar-refractivity contribution in [2.24, 2.45) is 0 Å². The molecule has 0 aromatic heterocycles. The summed E-state index contributed by atoms with van der Waals surface area (Å²) >= 11 is 0. The van der Waals surface area contributed by atoms with Crippen LogP contribution in [0.1, 0.15) is 211 Å². The van der Waals surface area contributed by atoms with Gasteiger partial charge in [0.2, 0.25) is 0 Å². The lowest BCUT2D eigenvalue weighted by Gasteiger charge is -2.46. The molecule has 0 bridgehead atoms. The standard InChI is InChI=1S/C48H85N2P/c1-41(2,3)29-33(45(13,14)15)39(34(46(16,17)18)30(42(4,5)6)37(29)49(25)26)51-40-35(47(19,20)21)31(43(7,8)9)38(50(27)28)32(44(10,11)12)36(40)48(22,23)24/h51H,1-28H3. The van der Waals surface area contributed by atoms with Gasteiger partial charge in [-0.3, -0.25) is 0 Å². The highest BCUT2D eigenvalue weighted by molar-refractivity contribution is 7.56. The maximum Gasteiger partial charge on any atom is 0.0443 e. The van der Waals surface area contributed by atoms with E-state index in [0.29, 0.717) is 8.58 Å².